The largest absolute Gasteiger partial charge is 0.535 e. The number of likely N-dealkylation sites (N-methyl/N-ethyl adjacent to an activating group) is 1. The second-order valence-electron chi connectivity index (χ2n) is 30.7. The van der Waals surface area contributed by atoms with Gasteiger partial charge in [-0.3, -0.25) is 4.79 Å². The minimum atomic E-state index is -1.22. The first-order valence-electron chi connectivity index (χ1n) is 41.7. The third kappa shape index (κ3) is 29.5. The third-order valence-corrected chi connectivity index (χ3v) is 20.7. The summed E-state index contributed by atoms with van der Waals surface area (Å²) >= 11 is 0. The number of carboxylic acids is 7. The van der Waals surface area contributed by atoms with Crippen molar-refractivity contribution in [2.75, 3.05) is 60.3 Å². The molecule has 7 aromatic carbocycles. The Morgan fingerprint density at radius 2 is 0.634 bits per heavy atom. The number of rotatable bonds is 26. The molecule has 7 aliphatic heterocycles. The monoisotopic (exact) mass is 1830 g/mol. The Morgan fingerprint density at radius 1 is 0.374 bits per heavy atom. The van der Waals surface area contributed by atoms with Crippen LogP contribution in [-0.2, 0) is 49.7 Å². The number of ketones is 1. The number of hydrogen-bond acceptors (Lipinski definition) is 30. The van der Waals surface area contributed by atoms with Crippen LogP contribution >= 0.6 is 0 Å². The van der Waals surface area contributed by atoms with Gasteiger partial charge >= 0.3 is 91.6 Å². The van der Waals surface area contributed by atoms with E-state index in [9.17, 15) is 104 Å². The van der Waals surface area contributed by atoms with E-state index in [0.717, 1.165) is 52.6 Å². The number of fused-ring (bicyclic) bond motifs is 7. The molecule has 1 fully saturated rings. The molecule has 0 radical (unpaired) electrons. The van der Waals surface area contributed by atoms with Gasteiger partial charge in [0.2, 0.25) is 0 Å². The molecule has 1 saturated carbocycles. The minimum absolute atomic E-state index is 0. The van der Waals surface area contributed by atoms with Gasteiger partial charge in [0.1, 0.15) is 133 Å². The van der Waals surface area contributed by atoms with Crippen molar-refractivity contribution in [2.45, 2.75) is 178 Å². The molecule has 0 spiro atoms. The second-order valence-corrected chi connectivity index (χ2v) is 30.7. The number of aliphatic hydroxyl groups is 1. The van der Waals surface area contributed by atoms with Crippen LogP contribution in [0.1, 0.15) is 193 Å². The summed E-state index contributed by atoms with van der Waals surface area (Å²) in [5.41, 5.74) is 6.01. The van der Waals surface area contributed by atoms with E-state index in [1.54, 1.807) is 80.6 Å². The molecule has 131 heavy (non-hydrogen) atoms. The van der Waals surface area contributed by atoms with Gasteiger partial charge in [-0.2, -0.15) is 0 Å². The van der Waals surface area contributed by atoms with Gasteiger partial charge in [-0.1, -0.05) is 84.7 Å². The lowest BCUT2D eigenvalue weighted by Gasteiger charge is -2.24. The molecule has 8 aliphatic rings. The highest BCUT2D eigenvalue weighted by Crippen LogP contribution is 2.44. The fourth-order valence-electron chi connectivity index (χ4n) is 14.0. The lowest BCUT2D eigenvalue weighted by atomic mass is 9.78. The Hall–Kier alpha value is -12.0. The minimum Gasteiger partial charge on any atom is -0.535 e. The number of hydrogen-bond donors (Lipinski definition) is 15. The van der Waals surface area contributed by atoms with Crippen LogP contribution in [0.25, 0.3) is 0 Å². The van der Waals surface area contributed by atoms with Crippen LogP contribution in [0, 0.1) is 12.8 Å². The van der Waals surface area contributed by atoms with E-state index in [2.05, 4.69) is 0 Å². The SMILES string of the molecule is C.C.C.CC(=O)COc1ccc2c(c1C(=O)O)OB(O)CC2.CCC(CO)Oc1ccc2c(c1C(=O)O)OB(O)CC2.CCCOc1ccc2c(c1C(=O)O)OB(O)CC2.CCOc1ccc2c(c1C(=O)O)OB(O)CC2.CN(C)CCOc1ccc2c(c1C(=O)O)OB(O)CC2.Cc1ccc2c(c1C(=O)O)OB(O)CC2.O=C(O)c1c(OCC2CC2)ccc2c1OB(O)CC2. The molecule has 7 heterocycles. The van der Waals surface area contributed by atoms with Crippen molar-refractivity contribution < 1.29 is 175 Å². The van der Waals surface area contributed by atoms with Crippen LogP contribution in [0.4, 0.5) is 0 Å². The standard InChI is InChI=1S/C13H18BNO5.C13H17BO6.C13H15BO5.C12H13BO6.C12H15BO5.C11H13BO5.C10H11BO4.3CH4/c1-15(2)7-8-19-10-4-3-9-5-6-14(18)20-12(9)11(10)13(16)17;1-2-9(7-15)19-10-4-3-8-5-6-14(18)20-12(8)11(10)13(16)17;15-13(16)11-10(18-7-8-1-2-8)4-3-9-5-6-14(17)19-12(9)11;1-7(14)6-18-9-3-2-8-4-5-13(17)19-11(8)10(9)12(15)16;1-2-7-17-9-4-3-8-5-6-13(16)18-11(8)10(9)12(14)15;1-2-16-8-4-3-7-5-6-12(15)17-10(7)9(8)11(13)14;1-6-2-3-7-4-5-11(14)15-9(7)8(6)10(12)13;;;/h3-4,18H,5-8H2,1-2H3,(H,16,17);3-4,9,15,18H,2,5-7H2,1H3,(H,16,17);3-4,8,17H,1-2,5-7H2,(H,15,16);2-3,17H,4-6H2,1H3,(H,15,16);3-4,16H,2,5-7H2,1H3,(H,14,15);3-4,15H,2,5-6H2,1H3,(H,13,14);2-3,14H,4-5H2,1H3,(H,12,13);3*1H4. The van der Waals surface area contributed by atoms with Crippen molar-refractivity contribution in [3.8, 4) is 74.7 Å². The van der Waals surface area contributed by atoms with E-state index >= 15 is 0 Å². The molecule has 0 amide bonds. The highest BCUT2D eigenvalue weighted by molar-refractivity contribution is 6.47. The van der Waals surface area contributed by atoms with Gasteiger partial charge in [0, 0.05) is 6.54 Å². The van der Waals surface area contributed by atoms with Gasteiger partial charge in [0.15, 0.2) is 5.78 Å². The average molecular weight is 1830 g/mol. The zero-order chi connectivity index (χ0) is 93.3. The zero-order valence-electron chi connectivity index (χ0n) is 71.7. The number of aromatic carboxylic acids is 7. The maximum Gasteiger partial charge on any atom is 0.522 e. The normalized spacial score (nSPS) is 14.3. The van der Waals surface area contributed by atoms with E-state index in [1.165, 1.54) is 13.0 Å². The van der Waals surface area contributed by atoms with E-state index in [-0.39, 0.29) is 143 Å². The first-order valence-corrected chi connectivity index (χ1v) is 41.7. The number of Topliss-reactive ketones (excluding diaryl/α,β-unsaturated/α-hetero) is 1. The van der Waals surface area contributed by atoms with E-state index < -0.39 is 97.7 Å². The van der Waals surface area contributed by atoms with Gasteiger partial charge < -0.3 is 142 Å². The Kier molecular flexibility index (Phi) is 41.9. The molecule has 7 aromatic rings. The zero-order valence-corrected chi connectivity index (χ0v) is 71.7. The highest BCUT2D eigenvalue weighted by Gasteiger charge is 2.38. The van der Waals surface area contributed by atoms with E-state index in [0.29, 0.717) is 157 Å². The van der Waals surface area contributed by atoms with Crippen molar-refractivity contribution in [1.82, 2.24) is 4.90 Å². The van der Waals surface area contributed by atoms with Crippen molar-refractivity contribution in [2.24, 2.45) is 5.92 Å². The quantitative estimate of drug-likeness (QED) is 0.0224. The van der Waals surface area contributed by atoms with Gasteiger partial charge in [0.25, 0.3) is 0 Å². The summed E-state index contributed by atoms with van der Waals surface area (Å²) in [5.74, 6) is -4.61. The molecule has 1 aliphatic carbocycles. The van der Waals surface area contributed by atoms with Crippen LogP contribution in [0.3, 0.4) is 0 Å². The number of carboxylic acid groups (broad SMARTS) is 7. The first kappa shape index (κ1) is 108. The fourth-order valence-corrected chi connectivity index (χ4v) is 14.0. The number of nitrogens with zero attached hydrogens (tertiary/aromatic N) is 1. The van der Waals surface area contributed by atoms with Gasteiger partial charge in [-0.15, -0.1) is 0 Å². The van der Waals surface area contributed by atoms with Crippen LogP contribution in [0.2, 0.25) is 44.2 Å². The van der Waals surface area contributed by atoms with Crippen LogP contribution in [-0.4, -0.2) is 245 Å². The molecule has 37 nitrogen and oxygen atoms in total. The summed E-state index contributed by atoms with van der Waals surface area (Å²) in [6.45, 7) is 10.6. The predicted octanol–water partition coefficient (Wildman–Crippen LogP) is 9.85. The van der Waals surface area contributed by atoms with Gasteiger partial charge in [-0.05, 0) is 237 Å². The van der Waals surface area contributed by atoms with Crippen LogP contribution in [0.5, 0.6) is 74.7 Å². The molecule has 44 heteroatoms. The molecule has 15 rings (SSSR count). The van der Waals surface area contributed by atoms with Crippen LogP contribution in [0.15, 0.2) is 84.9 Å². The molecule has 15 N–H and O–H groups in total. The Labute approximate surface area is 761 Å². The second kappa shape index (κ2) is 51.0. The first-order chi connectivity index (χ1) is 61.0. The Bertz CT molecular complexity index is 5110. The summed E-state index contributed by atoms with van der Waals surface area (Å²) in [6.07, 6.45) is 10.5. The predicted molar refractivity (Wildman–Crippen MR) is 486 cm³/mol. The number of aliphatic hydroxyl groups excluding tert-OH is 1. The average Bonchev–Trinajstić information content (AvgIpc) is 1.35. The lowest BCUT2D eigenvalue weighted by molar-refractivity contribution is -0.119. The van der Waals surface area contributed by atoms with Crippen LogP contribution < -0.4 is 61.0 Å². The maximum atomic E-state index is 11.5. The van der Waals surface area contributed by atoms with Gasteiger partial charge in [0.05, 0.1) is 26.4 Å². The maximum absolute atomic E-state index is 11.5. The van der Waals surface area contributed by atoms with Crippen molar-refractivity contribution in [3.63, 3.8) is 0 Å². The van der Waals surface area contributed by atoms with Crippen molar-refractivity contribution >= 4 is 97.4 Å². The summed E-state index contributed by atoms with van der Waals surface area (Å²) in [5, 5.41) is 140. The summed E-state index contributed by atoms with van der Waals surface area (Å²) in [7, 11) is -2.89. The molecule has 0 saturated heterocycles. The summed E-state index contributed by atoms with van der Waals surface area (Å²) < 4.78 is 69.1. The molecule has 0 bridgehead atoms. The molecule has 1 unspecified atom stereocenters. The highest BCUT2D eigenvalue weighted by atomic mass is 16.6. The molecular formula is C87H114B7NO36. The fraction of sp³-hybridized carbons (Fsp3) is 0.425. The molecule has 0 aromatic heterocycles. The molecule has 1 atom stereocenters. The van der Waals surface area contributed by atoms with E-state index in [1.807, 2.05) is 45.0 Å². The molecular weight excluding hydrogens is 1710 g/mol. The third-order valence-electron chi connectivity index (χ3n) is 20.7. The van der Waals surface area contributed by atoms with Gasteiger partial charge in [-0.25, -0.2) is 33.6 Å². The van der Waals surface area contributed by atoms with Crippen molar-refractivity contribution in [3.05, 3.63) is 168 Å². The number of ether oxygens (including phenoxy) is 6. The number of aryl methyl sites for hydroxylation is 8. The lowest BCUT2D eigenvalue weighted by Crippen LogP contribution is -2.28. The number of carbonyl (C=O) groups is 8. The number of benzene rings is 7. The Morgan fingerprint density at radius 3 is 0.893 bits per heavy atom. The topological polar surface area (TPSA) is 563 Å². The molecule has 704 valence electrons. The summed E-state index contributed by atoms with van der Waals surface area (Å²) in [4.78, 5) is 92.1. The number of carbonyl (C=O) groups excluding carboxylic acids is 1. The van der Waals surface area contributed by atoms with E-state index in [4.69, 9.17) is 71.2 Å². The smallest absolute Gasteiger partial charge is 0.522 e. The Balaban J connectivity index is 0.000000235. The summed E-state index contributed by atoms with van der Waals surface area (Å²) in [6, 6.07) is 23.9. The van der Waals surface area contributed by atoms with Crippen molar-refractivity contribution in [1.29, 1.82) is 0 Å².